The molecule has 22 heavy (non-hydrogen) atoms. The zero-order valence-electron chi connectivity index (χ0n) is 13.2. The molecule has 0 fully saturated rings. The molecular formula is C14H19FN2O5. The van der Waals surface area contributed by atoms with Gasteiger partial charge < -0.3 is 9.47 Å². The molecule has 122 valence electrons. The molecule has 1 unspecified atom stereocenters. The Hall–Kier alpha value is -2.25. The molecule has 0 saturated carbocycles. The fourth-order valence-electron chi connectivity index (χ4n) is 1.56. The Morgan fingerprint density at radius 1 is 1.32 bits per heavy atom. The molecule has 0 radical (unpaired) electrons. The zero-order chi connectivity index (χ0) is 17.1. The van der Waals surface area contributed by atoms with E-state index in [2.05, 4.69) is 9.84 Å². The molecule has 0 N–H and O–H groups in total. The number of hydrogen-bond acceptors (Lipinski definition) is 6. The second-order valence-electron chi connectivity index (χ2n) is 5.59. The summed E-state index contributed by atoms with van der Waals surface area (Å²) < 4.78 is 25.7. The lowest BCUT2D eigenvalue weighted by Gasteiger charge is -2.26. The van der Waals surface area contributed by atoms with Crippen molar-refractivity contribution < 1.29 is 23.5 Å². The summed E-state index contributed by atoms with van der Waals surface area (Å²) in [6.45, 7) is 5.91. The second kappa shape index (κ2) is 6.25. The highest BCUT2D eigenvalue weighted by molar-refractivity contribution is 6.04. The molecule has 1 aromatic heterocycles. The number of alkyl halides is 1. The van der Waals surface area contributed by atoms with Gasteiger partial charge in [0.1, 0.15) is 5.60 Å². The molecule has 0 saturated heterocycles. The van der Waals surface area contributed by atoms with Crippen LogP contribution in [0.5, 0.6) is 0 Å². The number of ether oxygens (including phenoxy) is 2. The van der Waals surface area contributed by atoms with E-state index >= 15 is 4.39 Å². The summed E-state index contributed by atoms with van der Waals surface area (Å²) in [6.07, 6.45) is 0.919. The van der Waals surface area contributed by atoms with Crippen LogP contribution in [-0.4, -0.2) is 33.9 Å². The van der Waals surface area contributed by atoms with Gasteiger partial charge in [-0.1, -0.05) is 0 Å². The average molecular weight is 314 g/mol. The van der Waals surface area contributed by atoms with Crippen molar-refractivity contribution in [3.63, 3.8) is 0 Å². The number of carbonyl (C=O) groups excluding carboxylic acids is 2. The lowest BCUT2D eigenvalue weighted by molar-refractivity contribution is -0.182. The number of aromatic nitrogens is 2. The van der Waals surface area contributed by atoms with E-state index in [0.29, 0.717) is 0 Å². The SMILES string of the molecule is CCOC(=O)C(F)(C(=O)OC(C)(C)C)c1cnn(C)c(=O)c1. The topological polar surface area (TPSA) is 87.5 Å². The number of rotatable bonds is 4. The van der Waals surface area contributed by atoms with Crippen molar-refractivity contribution in [1.82, 2.24) is 9.78 Å². The number of nitrogens with zero attached hydrogens (tertiary/aromatic N) is 2. The minimum absolute atomic E-state index is 0.133. The van der Waals surface area contributed by atoms with Crippen LogP contribution in [0.15, 0.2) is 17.1 Å². The van der Waals surface area contributed by atoms with Crippen molar-refractivity contribution in [3.05, 3.63) is 28.2 Å². The van der Waals surface area contributed by atoms with Gasteiger partial charge >= 0.3 is 17.6 Å². The number of aryl methyl sites for hydroxylation is 1. The van der Waals surface area contributed by atoms with E-state index in [1.54, 1.807) is 0 Å². The van der Waals surface area contributed by atoms with Crippen molar-refractivity contribution in [1.29, 1.82) is 0 Å². The van der Waals surface area contributed by atoms with Gasteiger partial charge in [0.05, 0.1) is 12.8 Å². The molecule has 7 nitrogen and oxygen atoms in total. The maximum Gasteiger partial charge on any atom is 0.361 e. The molecule has 0 spiro atoms. The van der Waals surface area contributed by atoms with Gasteiger partial charge in [0, 0.05) is 18.7 Å². The van der Waals surface area contributed by atoms with Crippen LogP contribution in [0.3, 0.4) is 0 Å². The third-order valence-corrected chi connectivity index (χ3v) is 2.60. The molecule has 0 aliphatic heterocycles. The van der Waals surface area contributed by atoms with Crippen molar-refractivity contribution in [2.24, 2.45) is 7.05 Å². The van der Waals surface area contributed by atoms with Crippen LogP contribution in [0.25, 0.3) is 0 Å². The van der Waals surface area contributed by atoms with Gasteiger partial charge in [0.25, 0.3) is 5.56 Å². The number of carbonyl (C=O) groups is 2. The van der Waals surface area contributed by atoms with Crippen LogP contribution in [0.2, 0.25) is 0 Å². The van der Waals surface area contributed by atoms with E-state index in [-0.39, 0.29) is 6.61 Å². The minimum atomic E-state index is -3.25. The van der Waals surface area contributed by atoms with E-state index in [0.717, 1.165) is 16.9 Å². The summed E-state index contributed by atoms with van der Waals surface area (Å²) in [5, 5.41) is 3.61. The number of esters is 2. The quantitative estimate of drug-likeness (QED) is 0.605. The molecule has 8 heteroatoms. The Morgan fingerprint density at radius 2 is 1.91 bits per heavy atom. The van der Waals surface area contributed by atoms with Crippen LogP contribution in [-0.2, 0) is 31.8 Å². The summed E-state index contributed by atoms with van der Waals surface area (Å²) in [4.78, 5) is 35.7. The Kier molecular flexibility index (Phi) is 5.05. The van der Waals surface area contributed by atoms with Gasteiger partial charge in [-0.05, 0) is 27.7 Å². The van der Waals surface area contributed by atoms with Gasteiger partial charge in [-0.15, -0.1) is 0 Å². The van der Waals surface area contributed by atoms with E-state index in [1.807, 2.05) is 0 Å². The second-order valence-corrected chi connectivity index (χ2v) is 5.59. The fourth-order valence-corrected chi connectivity index (χ4v) is 1.56. The summed E-state index contributed by atoms with van der Waals surface area (Å²) in [6, 6.07) is 0.813. The third kappa shape index (κ3) is 3.69. The van der Waals surface area contributed by atoms with Crippen molar-refractivity contribution in [3.8, 4) is 0 Å². The molecular weight excluding hydrogens is 295 g/mol. The van der Waals surface area contributed by atoms with Gasteiger partial charge in [-0.3, -0.25) is 4.79 Å². The largest absolute Gasteiger partial charge is 0.463 e. The smallest absolute Gasteiger partial charge is 0.361 e. The Balaban J connectivity index is 3.39. The molecule has 0 aliphatic rings. The first-order valence-corrected chi connectivity index (χ1v) is 6.65. The van der Waals surface area contributed by atoms with Crippen molar-refractivity contribution in [2.75, 3.05) is 6.61 Å². The maximum absolute atomic E-state index is 15.2. The molecule has 0 amide bonds. The minimum Gasteiger partial charge on any atom is -0.463 e. The van der Waals surface area contributed by atoms with Crippen LogP contribution < -0.4 is 5.56 Å². The zero-order valence-corrected chi connectivity index (χ0v) is 13.2. The van der Waals surface area contributed by atoms with Crippen LogP contribution in [0.1, 0.15) is 33.3 Å². The van der Waals surface area contributed by atoms with Crippen LogP contribution in [0, 0.1) is 0 Å². The molecule has 1 rings (SSSR count). The summed E-state index contributed by atoms with van der Waals surface area (Å²) in [5.41, 5.74) is -5.46. The molecule has 1 heterocycles. The molecule has 1 atom stereocenters. The third-order valence-electron chi connectivity index (χ3n) is 2.60. The summed E-state index contributed by atoms with van der Waals surface area (Å²) in [5.74, 6) is -2.90. The highest BCUT2D eigenvalue weighted by atomic mass is 19.1. The van der Waals surface area contributed by atoms with E-state index < -0.39 is 34.3 Å². The summed E-state index contributed by atoms with van der Waals surface area (Å²) in [7, 11) is 1.35. The maximum atomic E-state index is 15.2. The predicted molar refractivity (Wildman–Crippen MR) is 74.7 cm³/mol. The first kappa shape index (κ1) is 17.8. The molecule has 0 aromatic carbocycles. The van der Waals surface area contributed by atoms with E-state index in [9.17, 15) is 14.4 Å². The van der Waals surface area contributed by atoms with Crippen LogP contribution >= 0.6 is 0 Å². The van der Waals surface area contributed by atoms with Crippen molar-refractivity contribution >= 4 is 11.9 Å². The Bertz CT molecular complexity index is 635. The molecule has 0 aliphatic carbocycles. The predicted octanol–water partition coefficient (Wildman–Crippen LogP) is 0.850. The van der Waals surface area contributed by atoms with E-state index in [1.165, 1.54) is 34.7 Å². The van der Waals surface area contributed by atoms with Gasteiger partial charge in [-0.25, -0.2) is 18.7 Å². The highest BCUT2D eigenvalue weighted by Gasteiger charge is 2.53. The lowest BCUT2D eigenvalue weighted by atomic mass is 9.97. The normalized spacial score (nSPS) is 14.1. The Morgan fingerprint density at radius 3 is 2.36 bits per heavy atom. The highest BCUT2D eigenvalue weighted by Crippen LogP contribution is 2.30. The molecule has 0 bridgehead atoms. The Labute approximate surface area is 127 Å². The standard InChI is InChI=1S/C14H19FN2O5/c1-6-21-11(19)14(15,12(20)22-13(2,3)4)9-7-10(18)17(5)16-8-9/h7-8H,6H2,1-5H3. The fraction of sp³-hybridized carbons (Fsp3) is 0.571. The summed E-state index contributed by atoms with van der Waals surface area (Å²) >= 11 is 0. The first-order valence-electron chi connectivity index (χ1n) is 6.65. The van der Waals surface area contributed by atoms with Crippen molar-refractivity contribution in [2.45, 2.75) is 39.0 Å². The first-order chi connectivity index (χ1) is 10.0. The number of halogens is 1. The van der Waals surface area contributed by atoms with Gasteiger partial charge in [0.15, 0.2) is 0 Å². The van der Waals surface area contributed by atoms with Gasteiger partial charge in [0.2, 0.25) is 0 Å². The lowest BCUT2D eigenvalue weighted by Crippen LogP contribution is -2.45. The molecule has 1 aromatic rings. The average Bonchev–Trinajstić information content (AvgIpc) is 2.39. The van der Waals surface area contributed by atoms with E-state index in [4.69, 9.17) is 4.74 Å². The van der Waals surface area contributed by atoms with Crippen LogP contribution in [0.4, 0.5) is 4.39 Å². The monoisotopic (exact) mass is 314 g/mol. The number of hydrogen-bond donors (Lipinski definition) is 0. The van der Waals surface area contributed by atoms with Gasteiger partial charge in [-0.2, -0.15) is 5.10 Å².